The summed E-state index contributed by atoms with van der Waals surface area (Å²) in [6.45, 7) is 1.30. The van der Waals surface area contributed by atoms with E-state index in [0.717, 1.165) is 23.6 Å². The molecule has 2 N–H and O–H groups in total. The number of nitrogens with two attached hydrogens (primary N) is 1. The third kappa shape index (κ3) is 0.729. The molecule has 3 aliphatic rings. The van der Waals surface area contributed by atoms with E-state index in [1.165, 1.54) is 30.6 Å². The maximum atomic E-state index is 5.81. The largest absolute Gasteiger partial charge is 0.399 e. The number of nitrogens with zero attached hydrogens (tertiary/aromatic N) is 1. The summed E-state index contributed by atoms with van der Waals surface area (Å²) in [5.74, 6) is 2.02. The maximum Gasteiger partial charge on any atom is 0.0403 e. The second kappa shape index (κ2) is 2.08. The molecular weight excluding hydrogens is 172 g/mol. The lowest BCUT2D eigenvalue weighted by molar-refractivity contribution is 0.627. The third-order valence-corrected chi connectivity index (χ3v) is 4.15. The second-order valence-corrected chi connectivity index (χ2v) is 4.97. The van der Waals surface area contributed by atoms with Gasteiger partial charge in [0.25, 0.3) is 0 Å². The highest BCUT2D eigenvalue weighted by atomic mass is 15.2. The summed E-state index contributed by atoms with van der Waals surface area (Å²) < 4.78 is 0. The minimum atomic E-state index is 0.816. The minimum absolute atomic E-state index is 0.816. The van der Waals surface area contributed by atoms with E-state index in [1.54, 1.807) is 0 Å². The van der Waals surface area contributed by atoms with Gasteiger partial charge in [-0.05, 0) is 48.4 Å². The number of hydrogen-bond donors (Lipinski definition) is 1. The summed E-state index contributed by atoms with van der Waals surface area (Å²) in [5.41, 5.74) is 9.65. The molecule has 2 heteroatoms. The predicted molar refractivity (Wildman–Crippen MR) is 57.3 cm³/mol. The molecule has 0 amide bonds. The zero-order valence-corrected chi connectivity index (χ0v) is 8.11. The maximum absolute atomic E-state index is 5.81. The molecule has 14 heavy (non-hydrogen) atoms. The average Bonchev–Trinajstić information content (AvgIpc) is 2.70. The monoisotopic (exact) mass is 186 g/mol. The van der Waals surface area contributed by atoms with Gasteiger partial charge in [0.2, 0.25) is 0 Å². The molecule has 1 aromatic carbocycles. The molecule has 0 bridgehead atoms. The molecule has 4 rings (SSSR count). The van der Waals surface area contributed by atoms with E-state index in [2.05, 4.69) is 17.0 Å². The van der Waals surface area contributed by atoms with E-state index in [4.69, 9.17) is 5.73 Å². The topological polar surface area (TPSA) is 29.3 Å². The van der Waals surface area contributed by atoms with Crippen molar-refractivity contribution in [3.63, 3.8) is 0 Å². The first-order valence-corrected chi connectivity index (χ1v) is 5.48. The smallest absolute Gasteiger partial charge is 0.0403 e. The van der Waals surface area contributed by atoms with Crippen LogP contribution < -0.4 is 10.6 Å². The van der Waals surface area contributed by atoms with E-state index < -0.39 is 0 Å². The summed E-state index contributed by atoms with van der Waals surface area (Å²) in [6.07, 6.45) is 2.71. The third-order valence-electron chi connectivity index (χ3n) is 4.15. The van der Waals surface area contributed by atoms with Gasteiger partial charge in [-0.25, -0.2) is 0 Å². The Labute approximate surface area is 83.7 Å². The zero-order chi connectivity index (χ0) is 9.28. The van der Waals surface area contributed by atoms with Crippen LogP contribution in [0, 0.1) is 11.8 Å². The molecule has 3 atom stereocenters. The number of fused-ring (bicyclic) bond motifs is 5. The van der Waals surface area contributed by atoms with Crippen molar-refractivity contribution in [1.82, 2.24) is 0 Å². The van der Waals surface area contributed by atoms with Crippen LogP contribution in [-0.4, -0.2) is 12.6 Å². The summed E-state index contributed by atoms with van der Waals surface area (Å²) in [6, 6.07) is 7.21. The normalized spacial score (nSPS) is 36.6. The Balaban J connectivity index is 1.82. The van der Waals surface area contributed by atoms with Gasteiger partial charge in [0.15, 0.2) is 0 Å². The summed E-state index contributed by atoms with van der Waals surface area (Å²) >= 11 is 0. The van der Waals surface area contributed by atoms with Crippen LogP contribution in [0.5, 0.6) is 0 Å². The van der Waals surface area contributed by atoms with Crippen LogP contribution in [0.3, 0.4) is 0 Å². The lowest BCUT2D eigenvalue weighted by atomic mass is 10.1. The molecule has 0 spiro atoms. The van der Waals surface area contributed by atoms with Gasteiger partial charge in [0, 0.05) is 24.0 Å². The Bertz CT molecular complexity index is 413. The number of hydrogen-bond acceptors (Lipinski definition) is 2. The molecule has 3 unspecified atom stereocenters. The van der Waals surface area contributed by atoms with Gasteiger partial charge in [-0.2, -0.15) is 0 Å². The van der Waals surface area contributed by atoms with Crippen molar-refractivity contribution < 1.29 is 0 Å². The quantitative estimate of drug-likeness (QED) is 0.624. The molecule has 1 saturated carbocycles. The molecule has 72 valence electrons. The van der Waals surface area contributed by atoms with Crippen molar-refractivity contribution in [3.05, 3.63) is 23.8 Å². The van der Waals surface area contributed by atoms with Crippen LogP contribution in [-0.2, 0) is 6.42 Å². The van der Waals surface area contributed by atoms with E-state index >= 15 is 0 Å². The minimum Gasteiger partial charge on any atom is -0.399 e. The molecule has 1 aliphatic carbocycles. The van der Waals surface area contributed by atoms with Crippen molar-refractivity contribution in [1.29, 1.82) is 0 Å². The van der Waals surface area contributed by atoms with Crippen LogP contribution in [0.25, 0.3) is 0 Å². The van der Waals surface area contributed by atoms with Gasteiger partial charge in [-0.3, -0.25) is 0 Å². The molecule has 1 saturated heterocycles. The molecule has 2 aliphatic heterocycles. The Morgan fingerprint density at radius 3 is 3.21 bits per heavy atom. The molecular formula is C12H14N2. The highest BCUT2D eigenvalue weighted by molar-refractivity contribution is 5.65. The number of rotatable bonds is 0. The van der Waals surface area contributed by atoms with Gasteiger partial charge in [-0.15, -0.1) is 0 Å². The zero-order valence-electron chi connectivity index (χ0n) is 8.11. The molecule has 0 radical (unpaired) electrons. The van der Waals surface area contributed by atoms with Crippen LogP contribution in [0.2, 0.25) is 0 Å². The first-order chi connectivity index (χ1) is 6.83. The SMILES string of the molecule is Nc1ccc2c(c1)CC1C3CC3CN21. The standard InChI is InChI=1S/C12H14N2/c13-9-1-2-11-7(3-9)5-12-10-4-8(10)6-14(11)12/h1-3,8,10,12H,4-6,13H2. The van der Waals surface area contributed by atoms with Gasteiger partial charge < -0.3 is 10.6 Å². The number of piperidine rings is 1. The molecule has 2 heterocycles. The number of benzene rings is 1. The van der Waals surface area contributed by atoms with Crippen molar-refractivity contribution in [2.75, 3.05) is 17.2 Å². The van der Waals surface area contributed by atoms with Crippen LogP contribution in [0.4, 0.5) is 11.4 Å². The van der Waals surface area contributed by atoms with Crippen molar-refractivity contribution in [2.45, 2.75) is 18.9 Å². The van der Waals surface area contributed by atoms with Crippen LogP contribution in [0.15, 0.2) is 18.2 Å². The molecule has 0 aromatic heterocycles. The average molecular weight is 186 g/mol. The van der Waals surface area contributed by atoms with Gasteiger partial charge in [0.05, 0.1) is 0 Å². The lowest BCUT2D eigenvalue weighted by Crippen LogP contribution is -2.28. The first-order valence-electron chi connectivity index (χ1n) is 5.48. The highest BCUT2D eigenvalue weighted by Gasteiger charge is 2.54. The van der Waals surface area contributed by atoms with Crippen LogP contribution >= 0.6 is 0 Å². The van der Waals surface area contributed by atoms with E-state index in [-0.39, 0.29) is 0 Å². The fraction of sp³-hybridized carbons (Fsp3) is 0.500. The fourth-order valence-electron chi connectivity index (χ4n) is 3.38. The lowest BCUT2D eigenvalue weighted by Gasteiger charge is -2.21. The Morgan fingerprint density at radius 2 is 2.29 bits per heavy atom. The van der Waals surface area contributed by atoms with Crippen molar-refractivity contribution in [2.24, 2.45) is 11.8 Å². The summed E-state index contributed by atoms with van der Waals surface area (Å²) in [4.78, 5) is 2.60. The van der Waals surface area contributed by atoms with Crippen LogP contribution in [0.1, 0.15) is 12.0 Å². The van der Waals surface area contributed by atoms with E-state index in [1.807, 2.05) is 6.07 Å². The van der Waals surface area contributed by atoms with Gasteiger partial charge >= 0.3 is 0 Å². The highest BCUT2D eigenvalue weighted by Crippen LogP contribution is 2.55. The fourth-order valence-corrected chi connectivity index (χ4v) is 3.38. The molecule has 1 aromatic rings. The van der Waals surface area contributed by atoms with Gasteiger partial charge in [-0.1, -0.05) is 0 Å². The van der Waals surface area contributed by atoms with Crippen molar-refractivity contribution >= 4 is 11.4 Å². The first kappa shape index (κ1) is 7.16. The summed E-state index contributed by atoms with van der Waals surface area (Å²) in [5, 5.41) is 0. The number of nitrogen functional groups attached to an aromatic ring is 1. The molecule has 2 fully saturated rings. The van der Waals surface area contributed by atoms with Gasteiger partial charge in [0.1, 0.15) is 0 Å². The Kier molecular flexibility index (Phi) is 1.06. The molecule has 2 nitrogen and oxygen atoms in total. The van der Waals surface area contributed by atoms with E-state index in [0.29, 0.717) is 0 Å². The Morgan fingerprint density at radius 1 is 1.36 bits per heavy atom. The number of anilines is 2. The second-order valence-electron chi connectivity index (χ2n) is 4.97. The summed E-state index contributed by atoms with van der Waals surface area (Å²) in [7, 11) is 0. The Hall–Kier alpha value is -1.18. The van der Waals surface area contributed by atoms with Crippen molar-refractivity contribution in [3.8, 4) is 0 Å². The predicted octanol–water partition coefficient (Wildman–Crippen LogP) is 1.65. The van der Waals surface area contributed by atoms with E-state index in [9.17, 15) is 0 Å².